The van der Waals surface area contributed by atoms with Crippen molar-refractivity contribution in [3.8, 4) is 0 Å². The summed E-state index contributed by atoms with van der Waals surface area (Å²) in [4.78, 5) is 9.49. The molecule has 1 saturated heterocycles. The lowest BCUT2D eigenvalue weighted by Crippen LogP contribution is -2.22. The van der Waals surface area contributed by atoms with Gasteiger partial charge in [-0.25, -0.2) is 9.97 Å². The van der Waals surface area contributed by atoms with Crippen LogP contribution in [-0.4, -0.2) is 42.5 Å². The van der Waals surface area contributed by atoms with Crippen LogP contribution in [0.15, 0.2) is 0 Å². The standard InChI is InChI=1S/C15H25N3OS/c1-11-13(6-7-16-8-9-19-3)12(2)18-15(17-11)14-5-4-10-20-14/h14,16H,4-10H2,1-3H3. The van der Waals surface area contributed by atoms with Gasteiger partial charge in [0.15, 0.2) is 0 Å². The molecule has 0 aromatic carbocycles. The number of hydrogen-bond donors (Lipinski definition) is 1. The molecule has 1 unspecified atom stereocenters. The highest BCUT2D eigenvalue weighted by Crippen LogP contribution is 2.38. The monoisotopic (exact) mass is 295 g/mol. The Bertz CT molecular complexity index is 410. The quantitative estimate of drug-likeness (QED) is 0.783. The molecule has 1 aromatic rings. The van der Waals surface area contributed by atoms with Crippen LogP contribution in [0.2, 0.25) is 0 Å². The van der Waals surface area contributed by atoms with Crippen molar-refractivity contribution in [3.05, 3.63) is 22.8 Å². The Kier molecular flexibility index (Phi) is 6.26. The highest BCUT2D eigenvalue weighted by molar-refractivity contribution is 7.99. The van der Waals surface area contributed by atoms with Crippen molar-refractivity contribution >= 4 is 11.8 Å². The molecule has 1 atom stereocenters. The molecule has 1 fully saturated rings. The second-order valence-electron chi connectivity index (χ2n) is 5.23. The lowest BCUT2D eigenvalue weighted by Gasteiger charge is -2.14. The SMILES string of the molecule is COCCNCCc1c(C)nc(C2CCCS2)nc1C. The van der Waals surface area contributed by atoms with Crippen LogP contribution in [0.1, 0.15) is 40.9 Å². The number of aryl methyl sites for hydroxylation is 2. The van der Waals surface area contributed by atoms with Crippen LogP contribution in [0, 0.1) is 13.8 Å². The molecule has 1 aliphatic heterocycles. The van der Waals surface area contributed by atoms with Crippen molar-refractivity contribution < 1.29 is 4.74 Å². The van der Waals surface area contributed by atoms with Gasteiger partial charge in [-0.15, -0.1) is 0 Å². The van der Waals surface area contributed by atoms with Crippen LogP contribution in [0.4, 0.5) is 0 Å². The van der Waals surface area contributed by atoms with E-state index in [1.54, 1.807) is 7.11 Å². The van der Waals surface area contributed by atoms with E-state index in [1.807, 2.05) is 11.8 Å². The van der Waals surface area contributed by atoms with E-state index in [2.05, 4.69) is 19.2 Å². The van der Waals surface area contributed by atoms with E-state index in [1.165, 1.54) is 24.2 Å². The fourth-order valence-corrected chi connectivity index (χ4v) is 3.77. The molecule has 2 rings (SSSR count). The van der Waals surface area contributed by atoms with Gasteiger partial charge in [-0.05, 0) is 51.0 Å². The maximum Gasteiger partial charge on any atom is 0.141 e. The first kappa shape index (κ1) is 15.7. The van der Waals surface area contributed by atoms with E-state index in [4.69, 9.17) is 14.7 Å². The molecule has 5 heteroatoms. The van der Waals surface area contributed by atoms with Gasteiger partial charge in [-0.2, -0.15) is 11.8 Å². The van der Waals surface area contributed by atoms with Gasteiger partial charge in [0.2, 0.25) is 0 Å². The number of rotatable bonds is 7. The summed E-state index contributed by atoms with van der Waals surface area (Å²) in [7, 11) is 1.73. The first-order valence-corrected chi connectivity index (χ1v) is 8.42. The molecule has 4 nitrogen and oxygen atoms in total. The lowest BCUT2D eigenvalue weighted by atomic mass is 10.1. The predicted octanol–water partition coefficient (Wildman–Crippen LogP) is 2.44. The third kappa shape index (κ3) is 4.17. The Labute approximate surface area is 126 Å². The van der Waals surface area contributed by atoms with Crippen molar-refractivity contribution in [3.63, 3.8) is 0 Å². The summed E-state index contributed by atoms with van der Waals surface area (Å²) in [6.07, 6.45) is 3.50. The lowest BCUT2D eigenvalue weighted by molar-refractivity contribution is 0.199. The van der Waals surface area contributed by atoms with E-state index in [0.29, 0.717) is 5.25 Å². The number of methoxy groups -OCH3 is 1. The maximum atomic E-state index is 5.02. The molecule has 0 radical (unpaired) electrons. The molecule has 0 bridgehead atoms. The fraction of sp³-hybridized carbons (Fsp3) is 0.733. The van der Waals surface area contributed by atoms with Crippen LogP contribution in [-0.2, 0) is 11.2 Å². The van der Waals surface area contributed by atoms with E-state index in [-0.39, 0.29) is 0 Å². The third-order valence-corrected chi connectivity index (χ3v) is 5.06. The average Bonchev–Trinajstić information content (AvgIpc) is 2.95. The van der Waals surface area contributed by atoms with Gasteiger partial charge in [0.1, 0.15) is 5.82 Å². The number of aromatic nitrogens is 2. The highest BCUT2D eigenvalue weighted by atomic mass is 32.2. The summed E-state index contributed by atoms with van der Waals surface area (Å²) in [5.41, 5.74) is 3.59. The smallest absolute Gasteiger partial charge is 0.141 e. The van der Waals surface area contributed by atoms with Crippen molar-refractivity contribution in [2.75, 3.05) is 32.6 Å². The van der Waals surface area contributed by atoms with E-state index < -0.39 is 0 Å². The molecule has 0 spiro atoms. The summed E-state index contributed by atoms with van der Waals surface area (Å²) < 4.78 is 5.02. The molecular weight excluding hydrogens is 270 g/mol. The highest BCUT2D eigenvalue weighted by Gasteiger charge is 2.21. The molecule has 20 heavy (non-hydrogen) atoms. The number of ether oxygens (including phenoxy) is 1. The van der Waals surface area contributed by atoms with Gasteiger partial charge in [0, 0.05) is 25.0 Å². The molecular formula is C15H25N3OS. The van der Waals surface area contributed by atoms with E-state index in [0.717, 1.165) is 43.3 Å². The second kappa shape index (κ2) is 7.96. The average molecular weight is 295 g/mol. The summed E-state index contributed by atoms with van der Waals surface area (Å²) >= 11 is 1.99. The Morgan fingerprint density at radius 3 is 2.60 bits per heavy atom. The summed E-state index contributed by atoms with van der Waals surface area (Å²) in [6, 6.07) is 0. The molecule has 2 heterocycles. The van der Waals surface area contributed by atoms with Crippen molar-refractivity contribution in [1.29, 1.82) is 0 Å². The minimum absolute atomic E-state index is 0.515. The van der Waals surface area contributed by atoms with E-state index in [9.17, 15) is 0 Å². The van der Waals surface area contributed by atoms with Gasteiger partial charge in [0.05, 0.1) is 11.9 Å². The molecule has 1 N–H and O–H groups in total. The number of hydrogen-bond acceptors (Lipinski definition) is 5. The van der Waals surface area contributed by atoms with Crippen LogP contribution in [0.25, 0.3) is 0 Å². The van der Waals surface area contributed by atoms with E-state index >= 15 is 0 Å². The maximum absolute atomic E-state index is 5.02. The molecule has 1 aromatic heterocycles. The van der Waals surface area contributed by atoms with Gasteiger partial charge in [0.25, 0.3) is 0 Å². The van der Waals surface area contributed by atoms with Crippen LogP contribution < -0.4 is 5.32 Å². The largest absolute Gasteiger partial charge is 0.383 e. The molecule has 1 aliphatic rings. The molecule has 112 valence electrons. The number of thioether (sulfide) groups is 1. The Hall–Kier alpha value is -0.650. The van der Waals surface area contributed by atoms with Gasteiger partial charge < -0.3 is 10.1 Å². The minimum atomic E-state index is 0.515. The number of nitrogens with one attached hydrogen (secondary N) is 1. The Balaban J connectivity index is 1.95. The zero-order valence-corrected chi connectivity index (χ0v) is 13.6. The summed E-state index contributed by atoms with van der Waals surface area (Å²) in [6.45, 7) is 6.83. The topological polar surface area (TPSA) is 47.0 Å². The van der Waals surface area contributed by atoms with Crippen LogP contribution >= 0.6 is 11.8 Å². The third-order valence-electron chi connectivity index (χ3n) is 3.69. The first-order chi connectivity index (χ1) is 9.72. The van der Waals surface area contributed by atoms with Crippen LogP contribution in [0.5, 0.6) is 0 Å². The Morgan fingerprint density at radius 2 is 2.00 bits per heavy atom. The molecule has 0 amide bonds. The van der Waals surface area contributed by atoms with Crippen molar-refractivity contribution in [1.82, 2.24) is 15.3 Å². The summed E-state index contributed by atoms with van der Waals surface area (Å²) in [5.74, 6) is 2.29. The van der Waals surface area contributed by atoms with Crippen molar-refractivity contribution in [2.24, 2.45) is 0 Å². The number of nitrogens with zero attached hydrogens (tertiary/aromatic N) is 2. The minimum Gasteiger partial charge on any atom is -0.383 e. The molecule has 0 aliphatic carbocycles. The fourth-order valence-electron chi connectivity index (χ4n) is 2.57. The zero-order chi connectivity index (χ0) is 14.4. The Morgan fingerprint density at radius 1 is 1.25 bits per heavy atom. The van der Waals surface area contributed by atoms with Gasteiger partial charge in [-0.1, -0.05) is 0 Å². The van der Waals surface area contributed by atoms with Gasteiger partial charge in [-0.3, -0.25) is 0 Å². The van der Waals surface area contributed by atoms with Gasteiger partial charge >= 0.3 is 0 Å². The predicted molar refractivity (Wildman–Crippen MR) is 84.4 cm³/mol. The zero-order valence-electron chi connectivity index (χ0n) is 12.7. The normalized spacial score (nSPS) is 18.6. The van der Waals surface area contributed by atoms with Crippen LogP contribution in [0.3, 0.4) is 0 Å². The molecule has 0 saturated carbocycles. The van der Waals surface area contributed by atoms with Crippen molar-refractivity contribution in [2.45, 2.75) is 38.4 Å². The first-order valence-electron chi connectivity index (χ1n) is 7.37. The summed E-state index contributed by atoms with van der Waals surface area (Å²) in [5, 5.41) is 3.89. The second-order valence-corrected chi connectivity index (χ2v) is 6.54.